The normalized spacial score (nSPS) is 11.9. The highest BCUT2D eigenvalue weighted by molar-refractivity contribution is 9.10. The number of allylic oxidation sites excluding steroid dienone is 1. The molecular weight excluding hydrogens is 466 g/mol. The van der Waals surface area contributed by atoms with Crippen LogP contribution in [0.1, 0.15) is 22.5 Å². The maximum absolute atomic E-state index is 12.8. The van der Waals surface area contributed by atoms with E-state index < -0.39 is 9.84 Å². The number of rotatable bonds is 6. The molecule has 0 aliphatic heterocycles. The number of nitriles is 1. The Morgan fingerprint density at radius 3 is 2.50 bits per heavy atom. The summed E-state index contributed by atoms with van der Waals surface area (Å²) in [5, 5.41) is 14.0. The van der Waals surface area contributed by atoms with Gasteiger partial charge in [0.1, 0.15) is 16.7 Å². The molecule has 0 amide bonds. The molecule has 1 aromatic heterocycles. The lowest BCUT2D eigenvalue weighted by molar-refractivity contribution is 0.407. The van der Waals surface area contributed by atoms with Gasteiger partial charge in [-0.2, -0.15) is 10.4 Å². The van der Waals surface area contributed by atoms with Crippen LogP contribution in [-0.2, 0) is 16.4 Å². The number of halogens is 1. The fourth-order valence-corrected chi connectivity index (χ4v) is 4.51. The van der Waals surface area contributed by atoms with Gasteiger partial charge < -0.3 is 4.74 Å². The summed E-state index contributed by atoms with van der Waals surface area (Å²) >= 11 is 3.52. The van der Waals surface area contributed by atoms with Crippen molar-refractivity contribution in [2.45, 2.75) is 25.3 Å². The van der Waals surface area contributed by atoms with Gasteiger partial charge in [-0.25, -0.2) is 8.42 Å². The Bertz CT molecular complexity index is 1260. The lowest BCUT2D eigenvalue weighted by atomic mass is 10.1. The highest BCUT2D eigenvalue weighted by atomic mass is 79.9. The molecule has 0 radical (unpaired) electrons. The van der Waals surface area contributed by atoms with Gasteiger partial charge in [0.05, 0.1) is 34.4 Å². The van der Waals surface area contributed by atoms with Gasteiger partial charge in [-0.05, 0) is 65.7 Å². The zero-order valence-corrected chi connectivity index (χ0v) is 19.2. The van der Waals surface area contributed by atoms with Crippen molar-refractivity contribution >= 4 is 31.8 Å². The van der Waals surface area contributed by atoms with E-state index in [-0.39, 0.29) is 9.80 Å². The van der Waals surface area contributed by atoms with Crippen LogP contribution in [0.2, 0.25) is 0 Å². The fourth-order valence-electron chi connectivity index (χ4n) is 3.05. The minimum Gasteiger partial charge on any atom is -0.496 e. The summed E-state index contributed by atoms with van der Waals surface area (Å²) in [7, 11) is -2.33. The van der Waals surface area contributed by atoms with E-state index >= 15 is 0 Å². The van der Waals surface area contributed by atoms with Gasteiger partial charge in [-0.1, -0.05) is 24.3 Å². The van der Waals surface area contributed by atoms with E-state index in [4.69, 9.17) is 4.74 Å². The molecule has 0 aliphatic rings. The molecule has 2 aromatic carbocycles. The van der Waals surface area contributed by atoms with Gasteiger partial charge in [-0.15, -0.1) is 0 Å². The van der Waals surface area contributed by atoms with Crippen molar-refractivity contribution in [3.8, 4) is 11.8 Å². The average molecular weight is 486 g/mol. The number of hydrogen-bond donors (Lipinski definition) is 0. The first-order valence-corrected chi connectivity index (χ1v) is 11.3. The van der Waals surface area contributed by atoms with E-state index in [0.29, 0.717) is 17.9 Å². The van der Waals surface area contributed by atoms with Gasteiger partial charge in [0, 0.05) is 5.56 Å². The predicted molar refractivity (Wildman–Crippen MR) is 119 cm³/mol. The topological polar surface area (TPSA) is 85.0 Å². The van der Waals surface area contributed by atoms with Crippen LogP contribution in [0, 0.1) is 25.2 Å². The lowest BCUT2D eigenvalue weighted by Crippen LogP contribution is -2.06. The molecule has 1 heterocycles. The van der Waals surface area contributed by atoms with Gasteiger partial charge in [0.15, 0.2) is 0 Å². The maximum Gasteiger partial charge on any atom is 0.216 e. The Hall–Kier alpha value is -2.89. The van der Waals surface area contributed by atoms with Gasteiger partial charge in [0.2, 0.25) is 9.84 Å². The second-order valence-electron chi connectivity index (χ2n) is 6.65. The Kier molecular flexibility index (Phi) is 6.44. The van der Waals surface area contributed by atoms with E-state index in [1.165, 1.54) is 18.2 Å². The third kappa shape index (κ3) is 4.32. The fraction of sp³-hybridized carbons (Fsp3) is 0.182. The average Bonchev–Trinajstić information content (AvgIpc) is 2.99. The van der Waals surface area contributed by atoms with Crippen molar-refractivity contribution in [1.82, 2.24) is 9.78 Å². The summed E-state index contributed by atoms with van der Waals surface area (Å²) in [6, 6.07) is 15.0. The molecule has 8 heteroatoms. The lowest BCUT2D eigenvalue weighted by Gasteiger charge is -2.11. The minimum absolute atomic E-state index is 0.0824. The standard InChI is InChI=1S/C22H20BrN3O3S/c1-15-22(23)16(2)26(25-15)14-18-11-17(9-10-21(18)29-3)12-20(13-24)30(27,28)19-7-5-4-6-8-19/h4-12H,14H2,1-3H3. The maximum atomic E-state index is 12.8. The van der Waals surface area contributed by atoms with Crippen LogP contribution in [0.5, 0.6) is 5.75 Å². The summed E-state index contributed by atoms with van der Waals surface area (Å²) in [6.45, 7) is 4.31. The largest absolute Gasteiger partial charge is 0.496 e. The molecule has 0 aliphatic carbocycles. The first-order chi connectivity index (χ1) is 14.3. The second-order valence-corrected chi connectivity index (χ2v) is 9.36. The smallest absolute Gasteiger partial charge is 0.216 e. The first-order valence-electron chi connectivity index (χ1n) is 9.06. The van der Waals surface area contributed by atoms with Gasteiger partial charge in [-0.3, -0.25) is 4.68 Å². The molecule has 0 N–H and O–H groups in total. The number of hydrogen-bond acceptors (Lipinski definition) is 5. The van der Waals surface area contributed by atoms with E-state index in [1.54, 1.807) is 43.5 Å². The molecule has 154 valence electrons. The molecule has 0 atom stereocenters. The zero-order chi connectivity index (χ0) is 21.9. The van der Waals surface area contributed by atoms with E-state index in [0.717, 1.165) is 21.4 Å². The number of benzene rings is 2. The third-order valence-electron chi connectivity index (χ3n) is 4.67. The van der Waals surface area contributed by atoms with Crippen molar-refractivity contribution in [3.05, 3.63) is 80.4 Å². The number of aryl methyl sites for hydroxylation is 1. The van der Waals surface area contributed by atoms with Gasteiger partial charge in [0.25, 0.3) is 0 Å². The molecule has 0 spiro atoms. The Balaban J connectivity index is 2.03. The summed E-state index contributed by atoms with van der Waals surface area (Å²) in [6.07, 6.45) is 1.38. The quantitative estimate of drug-likeness (QED) is 0.474. The number of nitrogens with zero attached hydrogens (tertiary/aromatic N) is 3. The molecule has 0 unspecified atom stereocenters. The van der Waals surface area contributed by atoms with Gasteiger partial charge >= 0.3 is 0 Å². The Labute approximate surface area is 184 Å². The molecule has 3 rings (SSSR count). The van der Waals surface area contributed by atoms with Crippen LogP contribution in [0.4, 0.5) is 0 Å². The molecular formula is C22H20BrN3O3S. The van der Waals surface area contributed by atoms with Crippen molar-refractivity contribution in [3.63, 3.8) is 0 Å². The summed E-state index contributed by atoms with van der Waals surface area (Å²) in [4.78, 5) is -0.238. The van der Waals surface area contributed by atoms with Crippen LogP contribution in [-0.4, -0.2) is 25.3 Å². The highest BCUT2D eigenvalue weighted by Crippen LogP contribution is 2.27. The zero-order valence-electron chi connectivity index (χ0n) is 16.8. The predicted octanol–water partition coefficient (Wildman–Crippen LogP) is 4.66. The van der Waals surface area contributed by atoms with E-state index in [2.05, 4.69) is 21.0 Å². The Morgan fingerprint density at radius 1 is 1.23 bits per heavy atom. The molecule has 3 aromatic rings. The SMILES string of the molecule is COc1ccc(C=C(C#N)S(=O)(=O)c2ccccc2)cc1Cn1nc(C)c(Br)c1C. The second kappa shape index (κ2) is 8.86. The first kappa shape index (κ1) is 21.8. The number of methoxy groups -OCH3 is 1. The molecule has 30 heavy (non-hydrogen) atoms. The van der Waals surface area contributed by atoms with E-state index in [1.807, 2.05) is 24.6 Å². The van der Waals surface area contributed by atoms with Crippen molar-refractivity contribution in [2.24, 2.45) is 0 Å². The van der Waals surface area contributed by atoms with Crippen LogP contribution in [0.3, 0.4) is 0 Å². The van der Waals surface area contributed by atoms with Crippen molar-refractivity contribution < 1.29 is 13.2 Å². The Morgan fingerprint density at radius 2 is 1.93 bits per heavy atom. The molecule has 0 saturated heterocycles. The summed E-state index contributed by atoms with van der Waals surface area (Å²) in [5.74, 6) is 0.653. The van der Waals surface area contributed by atoms with Crippen LogP contribution in [0.25, 0.3) is 6.08 Å². The van der Waals surface area contributed by atoms with Crippen molar-refractivity contribution in [2.75, 3.05) is 7.11 Å². The number of aromatic nitrogens is 2. The number of sulfone groups is 1. The van der Waals surface area contributed by atoms with E-state index in [9.17, 15) is 13.7 Å². The monoisotopic (exact) mass is 485 g/mol. The summed E-state index contributed by atoms with van der Waals surface area (Å²) < 4.78 is 33.9. The number of ether oxygens (including phenoxy) is 1. The molecule has 0 saturated carbocycles. The third-order valence-corrected chi connectivity index (χ3v) is 7.50. The summed E-state index contributed by atoms with van der Waals surface area (Å²) in [5.41, 5.74) is 3.25. The van der Waals surface area contributed by atoms with Crippen molar-refractivity contribution in [1.29, 1.82) is 5.26 Å². The van der Waals surface area contributed by atoms with Crippen LogP contribution in [0.15, 0.2) is 62.8 Å². The minimum atomic E-state index is -3.90. The molecule has 6 nitrogen and oxygen atoms in total. The van der Waals surface area contributed by atoms with Crippen LogP contribution >= 0.6 is 15.9 Å². The molecule has 0 fully saturated rings. The molecule has 0 bridgehead atoms. The highest BCUT2D eigenvalue weighted by Gasteiger charge is 2.20. The van der Waals surface area contributed by atoms with Crippen LogP contribution < -0.4 is 4.74 Å².